The fraction of sp³-hybridized carbons (Fsp3) is 0.263. The van der Waals surface area contributed by atoms with Crippen molar-refractivity contribution in [1.82, 2.24) is 5.32 Å². The second-order valence-corrected chi connectivity index (χ2v) is 5.99. The number of hydrogen-bond donors (Lipinski definition) is 1. The van der Waals surface area contributed by atoms with Gasteiger partial charge in [0.15, 0.2) is 0 Å². The Kier molecular flexibility index (Phi) is 4.60. The quantitative estimate of drug-likeness (QED) is 0.879. The lowest BCUT2D eigenvalue weighted by Gasteiger charge is -2.22. The van der Waals surface area contributed by atoms with Crippen molar-refractivity contribution in [3.63, 3.8) is 0 Å². The van der Waals surface area contributed by atoms with Gasteiger partial charge >= 0.3 is 0 Å². The minimum atomic E-state index is -0.403. The van der Waals surface area contributed by atoms with Crippen molar-refractivity contribution < 1.29 is 14.0 Å². The largest absolute Gasteiger partial charge is 0.351 e. The van der Waals surface area contributed by atoms with Gasteiger partial charge in [-0.2, -0.15) is 0 Å². The van der Waals surface area contributed by atoms with Gasteiger partial charge in [0.05, 0.1) is 0 Å². The predicted octanol–water partition coefficient (Wildman–Crippen LogP) is 2.81. The Morgan fingerprint density at radius 2 is 1.88 bits per heavy atom. The molecule has 0 spiro atoms. The van der Waals surface area contributed by atoms with Gasteiger partial charge in [-0.3, -0.25) is 9.59 Å². The van der Waals surface area contributed by atoms with Crippen LogP contribution in [-0.4, -0.2) is 17.9 Å². The third-order valence-electron chi connectivity index (χ3n) is 4.22. The van der Waals surface area contributed by atoms with Crippen molar-refractivity contribution in [2.75, 3.05) is 4.90 Å². The number of amides is 2. The highest BCUT2D eigenvalue weighted by Gasteiger charge is 2.31. The Balaban J connectivity index is 1.61. The van der Waals surface area contributed by atoms with Gasteiger partial charge in [-0.25, -0.2) is 4.39 Å². The van der Waals surface area contributed by atoms with Crippen molar-refractivity contribution in [1.29, 1.82) is 0 Å². The molecule has 2 aromatic rings. The zero-order valence-corrected chi connectivity index (χ0v) is 13.5. The van der Waals surface area contributed by atoms with Crippen molar-refractivity contribution in [3.8, 4) is 0 Å². The second kappa shape index (κ2) is 6.83. The molecule has 1 heterocycles. The van der Waals surface area contributed by atoms with Crippen LogP contribution in [-0.2, 0) is 22.6 Å². The summed E-state index contributed by atoms with van der Waals surface area (Å²) in [4.78, 5) is 26.2. The minimum Gasteiger partial charge on any atom is -0.351 e. The van der Waals surface area contributed by atoms with E-state index >= 15 is 0 Å². The summed E-state index contributed by atoms with van der Waals surface area (Å²) in [5, 5.41) is 2.61. The normalized spacial score (nSPS) is 15.9. The number of para-hydroxylation sites is 1. The third-order valence-corrected chi connectivity index (χ3v) is 4.22. The molecular formula is C19H19FN2O2. The fourth-order valence-electron chi connectivity index (χ4n) is 3.07. The number of nitrogens with one attached hydrogen (secondary N) is 1. The molecule has 2 aromatic carbocycles. The Labute approximate surface area is 140 Å². The van der Waals surface area contributed by atoms with Gasteiger partial charge in [0.2, 0.25) is 11.8 Å². The second-order valence-electron chi connectivity index (χ2n) is 5.99. The maximum Gasteiger partial charge on any atom is 0.236 e. The highest BCUT2D eigenvalue weighted by molar-refractivity contribution is 6.06. The first-order valence-corrected chi connectivity index (χ1v) is 7.96. The van der Waals surface area contributed by atoms with Gasteiger partial charge in [-0.15, -0.1) is 0 Å². The summed E-state index contributed by atoms with van der Waals surface area (Å²) in [6, 6.07) is 14.0. The van der Waals surface area contributed by atoms with Crippen LogP contribution in [0, 0.1) is 5.82 Å². The van der Waals surface area contributed by atoms with Crippen LogP contribution in [0.5, 0.6) is 0 Å². The molecule has 24 heavy (non-hydrogen) atoms. The molecule has 1 atom stereocenters. The SMILES string of the molecule is CC1Cc2ccccc2N1C(=O)CC(=O)NCc1ccccc1F. The number of fused-ring (bicyclic) bond motifs is 1. The van der Waals surface area contributed by atoms with Gasteiger partial charge in [0, 0.05) is 23.8 Å². The maximum atomic E-state index is 13.5. The number of anilines is 1. The zero-order valence-electron chi connectivity index (χ0n) is 13.5. The Hall–Kier alpha value is -2.69. The number of benzene rings is 2. The topological polar surface area (TPSA) is 49.4 Å². The van der Waals surface area contributed by atoms with E-state index in [0.717, 1.165) is 17.7 Å². The van der Waals surface area contributed by atoms with Crippen LogP contribution in [0.4, 0.5) is 10.1 Å². The molecule has 0 saturated carbocycles. The Bertz CT molecular complexity index is 775. The highest BCUT2D eigenvalue weighted by Crippen LogP contribution is 2.32. The molecule has 5 heteroatoms. The van der Waals surface area contributed by atoms with Crippen LogP contribution in [0.1, 0.15) is 24.5 Å². The summed E-state index contributed by atoms with van der Waals surface area (Å²) >= 11 is 0. The molecule has 0 aliphatic carbocycles. The number of rotatable bonds is 4. The molecule has 1 aliphatic rings. The van der Waals surface area contributed by atoms with E-state index in [-0.39, 0.29) is 30.7 Å². The van der Waals surface area contributed by atoms with Crippen molar-refractivity contribution >= 4 is 17.5 Å². The average molecular weight is 326 g/mol. The van der Waals surface area contributed by atoms with E-state index in [4.69, 9.17) is 0 Å². The predicted molar refractivity (Wildman–Crippen MR) is 90.0 cm³/mol. The van der Waals surface area contributed by atoms with E-state index in [0.29, 0.717) is 5.56 Å². The molecule has 0 fully saturated rings. The molecule has 1 N–H and O–H groups in total. The number of halogens is 1. The Morgan fingerprint density at radius 1 is 1.17 bits per heavy atom. The van der Waals surface area contributed by atoms with Crippen LogP contribution in [0.25, 0.3) is 0 Å². The van der Waals surface area contributed by atoms with Crippen LogP contribution in [0.2, 0.25) is 0 Å². The monoisotopic (exact) mass is 326 g/mol. The lowest BCUT2D eigenvalue weighted by Crippen LogP contribution is -2.39. The van der Waals surface area contributed by atoms with Crippen molar-refractivity contribution in [2.24, 2.45) is 0 Å². The van der Waals surface area contributed by atoms with E-state index in [2.05, 4.69) is 5.32 Å². The van der Waals surface area contributed by atoms with Gasteiger partial charge in [-0.05, 0) is 31.0 Å². The first kappa shape index (κ1) is 16.2. The Morgan fingerprint density at radius 3 is 2.67 bits per heavy atom. The zero-order chi connectivity index (χ0) is 17.1. The lowest BCUT2D eigenvalue weighted by molar-refractivity contribution is -0.128. The summed E-state index contributed by atoms with van der Waals surface area (Å²) < 4.78 is 13.5. The lowest BCUT2D eigenvalue weighted by atomic mass is 10.1. The maximum absolute atomic E-state index is 13.5. The summed E-state index contributed by atoms with van der Waals surface area (Å²) in [6.45, 7) is 2.04. The molecule has 0 saturated heterocycles. The van der Waals surface area contributed by atoms with Crippen molar-refractivity contribution in [2.45, 2.75) is 32.4 Å². The standard InChI is InChI=1S/C19H19FN2O2/c1-13-10-14-6-3-5-9-17(14)22(13)19(24)11-18(23)21-12-15-7-2-4-8-16(15)20/h2-9,13H,10-12H2,1H3,(H,21,23). The third kappa shape index (κ3) is 3.30. The molecule has 0 aromatic heterocycles. The van der Waals surface area contributed by atoms with Gasteiger partial charge in [-0.1, -0.05) is 36.4 Å². The fourth-order valence-corrected chi connectivity index (χ4v) is 3.07. The molecule has 1 aliphatic heterocycles. The van der Waals surface area contributed by atoms with E-state index in [1.54, 1.807) is 23.1 Å². The smallest absolute Gasteiger partial charge is 0.236 e. The number of carbonyl (C=O) groups is 2. The van der Waals surface area contributed by atoms with Crippen molar-refractivity contribution in [3.05, 3.63) is 65.5 Å². The minimum absolute atomic E-state index is 0.0364. The van der Waals surface area contributed by atoms with Crippen LogP contribution < -0.4 is 10.2 Å². The molecule has 3 rings (SSSR count). The van der Waals surface area contributed by atoms with E-state index < -0.39 is 5.91 Å². The van der Waals surface area contributed by atoms with E-state index in [9.17, 15) is 14.0 Å². The summed E-state index contributed by atoms with van der Waals surface area (Å²) in [5.41, 5.74) is 2.39. The summed E-state index contributed by atoms with van der Waals surface area (Å²) in [5.74, 6) is -1.01. The molecule has 0 bridgehead atoms. The average Bonchev–Trinajstić information content (AvgIpc) is 2.90. The summed E-state index contributed by atoms with van der Waals surface area (Å²) in [6.07, 6.45) is 0.548. The van der Waals surface area contributed by atoms with Crippen LogP contribution >= 0.6 is 0 Å². The van der Waals surface area contributed by atoms with E-state index in [1.807, 2.05) is 31.2 Å². The summed E-state index contributed by atoms with van der Waals surface area (Å²) in [7, 11) is 0. The number of carbonyl (C=O) groups excluding carboxylic acids is 2. The molecular weight excluding hydrogens is 307 g/mol. The molecule has 124 valence electrons. The first-order chi connectivity index (χ1) is 11.6. The molecule has 2 amide bonds. The van der Waals surface area contributed by atoms with Gasteiger partial charge in [0.1, 0.15) is 12.2 Å². The molecule has 1 unspecified atom stereocenters. The van der Waals surface area contributed by atoms with Crippen LogP contribution in [0.3, 0.4) is 0 Å². The van der Waals surface area contributed by atoms with Crippen LogP contribution in [0.15, 0.2) is 48.5 Å². The van der Waals surface area contributed by atoms with E-state index in [1.165, 1.54) is 6.07 Å². The van der Waals surface area contributed by atoms with Gasteiger partial charge in [0.25, 0.3) is 0 Å². The highest BCUT2D eigenvalue weighted by atomic mass is 19.1. The molecule has 4 nitrogen and oxygen atoms in total. The number of nitrogens with zero attached hydrogens (tertiary/aromatic N) is 1. The number of hydrogen-bond acceptors (Lipinski definition) is 2. The molecule has 0 radical (unpaired) electrons. The first-order valence-electron chi connectivity index (χ1n) is 7.96. The van der Waals surface area contributed by atoms with Gasteiger partial charge < -0.3 is 10.2 Å².